The van der Waals surface area contributed by atoms with Gasteiger partial charge in [-0.2, -0.15) is 0 Å². The third kappa shape index (κ3) is 5.18. The van der Waals surface area contributed by atoms with Gasteiger partial charge in [-0.1, -0.05) is 29.8 Å². The van der Waals surface area contributed by atoms with Gasteiger partial charge in [0.15, 0.2) is 5.65 Å². The average Bonchev–Trinajstić information content (AvgIpc) is 3.36. The number of aryl methyl sites for hydroxylation is 1. The van der Waals surface area contributed by atoms with Gasteiger partial charge in [-0.05, 0) is 77.0 Å². The number of morpholine rings is 1. The molecule has 4 heterocycles. The van der Waals surface area contributed by atoms with Crippen molar-refractivity contribution in [3.63, 3.8) is 0 Å². The molecule has 8 nitrogen and oxygen atoms in total. The summed E-state index contributed by atoms with van der Waals surface area (Å²) in [5.74, 6) is 0. The lowest BCUT2D eigenvalue weighted by atomic mass is 10.1. The van der Waals surface area contributed by atoms with Crippen molar-refractivity contribution in [2.24, 2.45) is 0 Å². The number of rotatable bonds is 6. The van der Waals surface area contributed by atoms with Crippen LogP contribution in [0.4, 0.5) is 5.69 Å². The summed E-state index contributed by atoms with van der Waals surface area (Å²) in [5.41, 5.74) is 4.28. The van der Waals surface area contributed by atoms with Crippen molar-refractivity contribution < 1.29 is 13.2 Å². The van der Waals surface area contributed by atoms with Crippen molar-refractivity contribution >= 4 is 49.3 Å². The minimum Gasteiger partial charge on any atom is -0.378 e. The molecular formula is C30H27IN4O4S. The van der Waals surface area contributed by atoms with Crippen molar-refractivity contribution in [2.75, 3.05) is 31.2 Å². The summed E-state index contributed by atoms with van der Waals surface area (Å²) in [7, 11) is -3.93. The lowest BCUT2D eigenvalue weighted by molar-refractivity contribution is 0.122. The van der Waals surface area contributed by atoms with E-state index in [1.54, 1.807) is 53.5 Å². The number of hydrogen-bond acceptors (Lipinski definition) is 6. The Morgan fingerprint density at radius 1 is 0.975 bits per heavy atom. The molecule has 5 aromatic rings. The van der Waals surface area contributed by atoms with Gasteiger partial charge in [0.1, 0.15) is 0 Å². The SMILES string of the molecule is Cc1ccc(S(=O)(=O)n2cc(-c3ccn(Cc4ccc(I)cc4)c(=O)c3)c3cc(N4CCOCC4)cnc32)cc1. The van der Waals surface area contributed by atoms with E-state index in [-0.39, 0.29) is 10.5 Å². The molecule has 10 heteroatoms. The second kappa shape index (κ2) is 10.8. The molecule has 2 aromatic carbocycles. The van der Waals surface area contributed by atoms with E-state index in [1.165, 1.54) is 3.97 Å². The van der Waals surface area contributed by atoms with Crippen molar-refractivity contribution in [3.8, 4) is 11.1 Å². The second-order valence-electron chi connectivity index (χ2n) is 9.83. The zero-order chi connectivity index (χ0) is 27.9. The van der Waals surface area contributed by atoms with E-state index in [1.807, 2.05) is 43.3 Å². The van der Waals surface area contributed by atoms with Crippen LogP contribution in [-0.2, 0) is 21.3 Å². The number of nitrogens with zero attached hydrogens (tertiary/aromatic N) is 4. The van der Waals surface area contributed by atoms with E-state index in [0.29, 0.717) is 41.9 Å². The summed E-state index contributed by atoms with van der Waals surface area (Å²) in [6, 6.07) is 20.2. The number of hydrogen-bond donors (Lipinski definition) is 0. The molecule has 6 rings (SSSR count). The highest BCUT2D eigenvalue weighted by Gasteiger charge is 2.24. The summed E-state index contributed by atoms with van der Waals surface area (Å²) in [6.07, 6.45) is 5.04. The molecule has 0 bridgehead atoms. The summed E-state index contributed by atoms with van der Waals surface area (Å²) in [4.78, 5) is 20.2. The van der Waals surface area contributed by atoms with E-state index in [2.05, 4.69) is 32.5 Å². The van der Waals surface area contributed by atoms with Crippen molar-refractivity contribution in [1.29, 1.82) is 0 Å². The molecule has 0 unspecified atom stereocenters. The maximum atomic E-state index is 13.8. The molecule has 0 atom stereocenters. The summed E-state index contributed by atoms with van der Waals surface area (Å²) in [5, 5.41) is 0.662. The Hall–Kier alpha value is -3.48. The number of anilines is 1. The Kier molecular flexibility index (Phi) is 7.24. The number of fused-ring (bicyclic) bond motifs is 1. The third-order valence-electron chi connectivity index (χ3n) is 7.12. The van der Waals surface area contributed by atoms with Crippen LogP contribution in [0.3, 0.4) is 0 Å². The highest BCUT2D eigenvalue weighted by molar-refractivity contribution is 14.1. The average molecular weight is 667 g/mol. The predicted octanol–water partition coefficient (Wildman–Crippen LogP) is 4.90. The van der Waals surface area contributed by atoms with Crippen LogP contribution in [0.15, 0.2) is 95.0 Å². The van der Waals surface area contributed by atoms with Crippen LogP contribution >= 0.6 is 22.6 Å². The molecule has 0 spiro atoms. The van der Waals surface area contributed by atoms with Crippen LogP contribution in [0.5, 0.6) is 0 Å². The first-order chi connectivity index (χ1) is 19.3. The number of pyridine rings is 2. The topological polar surface area (TPSA) is 86.4 Å². The highest BCUT2D eigenvalue weighted by Crippen LogP contribution is 2.34. The normalized spacial score (nSPS) is 14.1. The van der Waals surface area contributed by atoms with Gasteiger partial charge in [0, 0.05) is 46.1 Å². The van der Waals surface area contributed by atoms with Crippen LogP contribution in [-0.4, -0.2) is 48.2 Å². The molecule has 3 aromatic heterocycles. The number of aromatic nitrogens is 3. The molecular weight excluding hydrogens is 639 g/mol. The van der Waals surface area contributed by atoms with Gasteiger partial charge in [0.2, 0.25) is 0 Å². The molecule has 40 heavy (non-hydrogen) atoms. The quantitative estimate of drug-likeness (QED) is 0.240. The van der Waals surface area contributed by atoms with E-state index < -0.39 is 10.0 Å². The van der Waals surface area contributed by atoms with Gasteiger partial charge in [-0.3, -0.25) is 4.79 Å². The largest absolute Gasteiger partial charge is 0.378 e. The van der Waals surface area contributed by atoms with Crippen LogP contribution in [0, 0.1) is 10.5 Å². The molecule has 0 saturated carbocycles. The van der Waals surface area contributed by atoms with Crippen LogP contribution in [0.1, 0.15) is 11.1 Å². The zero-order valence-electron chi connectivity index (χ0n) is 21.8. The fraction of sp³-hybridized carbons (Fsp3) is 0.200. The summed E-state index contributed by atoms with van der Waals surface area (Å²) >= 11 is 2.25. The summed E-state index contributed by atoms with van der Waals surface area (Å²) < 4.78 is 37.0. The van der Waals surface area contributed by atoms with E-state index in [0.717, 1.165) is 33.5 Å². The lowest BCUT2D eigenvalue weighted by Crippen LogP contribution is -2.36. The smallest absolute Gasteiger partial charge is 0.269 e. The lowest BCUT2D eigenvalue weighted by Gasteiger charge is -2.28. The minimum absolute atomic E-state index is 0.171. The second-order valence-corrected chi connectivity index (χ2v) is 12.9. The van der Waals surface area contributed by atoms with Gasteiger partial charge in [0.05, 0.1) is 36.5 Å². The molecule has 1 aliphatic rings. The van der Waals surface area contributed by atoms with Crippen LogP contribution in [0.25, 0.3) is 22.2 Å². The molecule has 1 aliphatic heterocycles. The van der Waals surface area contributed by atoms with Gasteiger partial charge in [-0.25, -0.2) is 17.4 Å². The molecule has 0 radical (unpaired) electrons. The van der Waals surface area contributed by atoms with Gasteiger partial charge >= 0.3 is 0 Å². The number of benzene rings is 2. The minimum atomic E-state index is -3.93. The number of ether oxygens (including phenoxy) is 1. The molecule has 0 amide bonds. The van der Waals surface area contributed by atoms with Gasteiger partial charge < -0.3 is 14.2 Å². The van der Waals surface area contributed by atoms with E-state index >= 15 is 0 Å². The molecule has 1 saturated heterocycles. The van der Waals surface area contributed by atoms with Gasteiger partial charge in [0.25, 0.3) is 15.6 Å². The Labute approximate surface area is 246 Å². The first kappa shape index (κ1) is 26.7. The van der Waals surface area contributed by atoms with E-state index in [9.17, 15) is 13.2 Å². The Bertz CT molecular complexity index is 1860. The molecule has 204 valence electrons. The first-order valence-corrected chi connectivity index (χ1v) is 15.4. The first-order valence-electron chi connectivity index (χ1n) is 12.9. The predicted molar refractivity (Wildman–Crippen MR) is 164 cm³/mol. The maximum Gasteiger partial charge on any atom is 0.269 e. The van der Waals surface area contributed by atoms with Crippen LogP contribution in [0.2, 0.25) is 0 Å². The standard InChI is InChI=1S/C30H27IN4O4S/c1-21-2-8-26(9-3-21)40(37,38)35-20-28(27-17-25(18-32-30(27)35)33-12-14-39-15-13-33)23-10-11-34(29(36)16-23)19-22-4-6-24(31)7-5-22/h2-11,16-18,20H,12-15,19H2,1H3. The fourth-order valence-corrected chi connectivity index (χ4v) is 6.58. The Balaban J connectivity index is 1.47. The van der Waals surface area contributed by atoms with Gasteiger partial charge in [-0.15, -0.1) is 0 Å². The van der Waals surface area contributed by atoms with Crippen molar-refractivity contribution in [2.45, 2.75) is 18.4 Å². The maximum absolute atomic E-state index is 13.8. The highest BCUT2D eigenvalue weighted by atomic mass is 127. The molecule has 1 fully saturated rings. The zero-order valence-corrected chi connectivity index (χ0v) is 24.8. The molecule has 0 N–H and O–H groups in total. The van der Waals surface area contributed by atoms with Crippen LogP contribution < -0.4 is 10.5 Å². The molecule has 0 aliphatic carbocycles. The monoisotopic (exact) mass is 666 g/mol. The number of halogens is 1. The van der Waals surface area contributed by atoms with Crippen molar-refractivity contribution in [3.05, 3.63) is 110 Å². The van der Waals surface area contributed by atoms with Crippen molar-refractivity contribution in [1.82, 2.24) is 13.5 Å². The fourth-order valence-electron chi connectivity index (χ4n) is 4.89. The Morgan fingerprint density at radius 3 is 2.40 bits per heavy atom. The third-order valence-corrected chi connectivity index (χ3v) is 9.51. The Morgan fingerprint density at radius 2 is 1.70 bits per heavy atom. The van der Waals surface area contributed by atoms with E-state index in [4.69, 9.17) is 4.74 Å². The summed E-state index contributed by atoms with van der Waals surface area (Å²) in [6.45, 7) is 5.04.